The molecular weight excluding hydrogens is 416 g/mol. The summed E-state index contributed by atoms with van der Waals surface area (Å²) in [4.78, 5) is 19.2. The van der Waals surface area contributed by atoms with Crippen LogP contribution in [0.15, 0.2) is 36.7 Å². The zero-order valence-corrected chi connectivity index (χ0v) is 16.2. The number of aromatic nitrogens is 3. The first-order valence-electron chi connectivity index (χ1n) is 9.75. The monoisotopic (exact) mass is 434 g/mol. The SMILES string of the molecule is O=C(Nc1ccc(F)c(-n2cc3cc(N4CCC(F)(F)C4)cnc3n2)c1)N1CC(F)C1. The molecule has 0 aliphatic carbocycles. The van der Waals surface area contributed by atoms with E-state index in [1.807, 2.05) is 0 Å². The maximum Gasteiger partial charge on any atom is 0.322 e. The molecule has 0 bridgehead atoms. The number of halogens is 4. The number of carbonyl (C=O) groups is 1. The van der Waals surface area contributed by atoms with Gasteiger partial charge in [-0.25, -0.2) is 32.0 Å². The minimum absolute atomic E-state index is 0.0292. The van der Waals surface area contributed by atoms with Gasteiger partial charge in [0.15, 0.2) is 5.65 Å². The van der Waals surface area contributed by atoms with E-state index in [0.29, 0.717) is 22.4 Å². The number of urea groups is 1. The minimum Gasteiger partial charge on any atom is -0.364 e. The molecule has 2 fully saturated rings. The highest BCUT2D eigenvalue weighted by Gasteiger charge is 2.38. The Balaban J connectivity index is 1.40. The Labute approximate surface area is 174 Å². The van der Waals surface area contributed by atoms with E-state index >= 15 is 0 Å². The van der Waals surface area contributed by atoms with Crippen LogP contribution in [-0.2, 0) is 0 Å². The van der Waals surface area contributed by atoms with Crippen LogP contribution in [0.1, 0.15) is 6.42 Å². The normalized spacial score (nSPS) is 18.5. The fourth-order valence-electron chi connectivity index (χ4n) is 3.72. The van der Waals surface area contributed by atoms with E-state index in [0.717, 1.165) is 0 Å². The Kier molecular flexibility index (Phi) is 4.49. The summed E-state index contributed by atoms with van der Waals surface area (Å²) in [5.41, 5.74) is 1.29. The van der Waals surface area contributed by atoms with Gasteiger partial charge in [-0.05, 0) is 24.3 Å². The van der Waals surface area contributed by atoms with E-state index in [9.17, 15) is 22.4 Å². The van der Waals surface area contributed by atoms with Crippen LogP contribution >= 0.6 is 0 Å². The van der Waals surface area contributed by atoms with Gasteiger partial charge in [0, 0.05) is 30.2 Å². The molecule has 3 aromatic rings. The van der Waals surface area contributed by atoms with Gasteiger partial charge in [0.05, 0.1) is 31.5 Å². The Hall–Kier alpha value is -3.37. The lowest BCUT2D eigenvalue weighted by Gasteiger charge is -2.34. The third-order valence-electron chi connectivity index (χ3n) is 5.45. The quantitative estimate of drug-likeness (QED) is 0.640. The third kappa shape index (κ3) is 3.75. The van der Waals surface area contributed by atoms with Crippen molar-refractivity contribution < 1.29 is 22.4 Å². The van der Waals surface area contributed by atoms with Gasteiger partial charge in [0.2, 0.25) is 0 Å². The second-order valence-electron chi connectivity index (χ2n) is 7.81. The van der Waals surface area contributed by atoms with Crippen molar-refractivity contribution in [2.75, 3.05) is 36.4 Å². The highest BCUT2D eigenvalue weighted by atomic mass is 19.3. The van der Waals surface area contributed by atoms with E-state index in [-0.39, 0.29) is 38.3 Å². The fraction of sp³-hybridized carbons (Fsp3) is 0.350. The van der Waals surface area contributed by atoms with Gasteiger partial charge in [-0.2, -0.15) is 0 Å². The van der Waals surface area contributed by atoms with E-state index in [1.54, 1.807) is 17.2 Å². The number of nitrogens with one attached hydrogen (secondary N) is 1. The molecule has 2 aliphatic rings. The zero-order valence-electron chi connectivity index (χ0n) is 16.2. The van der Waals surface area contributed by atoms with Gasteiger partial charge < -0.3 is 15.1 Å². The molecule has 31 heavy (non-hydrogen) atoms. The second kappa shape index (κ2) is 7.10. The first kappa shape index (κ1) is 19.6. The number of anilines is 2. The number of likely N-dealkylation sites (tertiary alicyclic amines) is 1. The summed E-state index contributed by atoms with van der Waals surface area (Å²) in [5.74, 6) is -3.30. The van der Waals surface area contributed by atoms with Gasteiger partial charge in [-0.1, -0.05) is 0 Å². The molecule has 2 aliphatic heterocycles. The number of fused-ring (bicyclic) bond motifs is 1. The van der Waals surface area contributed by atoms with Crippen molar-refractivity contribution in [3.05, 3.63) is 42.5 Å². The predicted molar refractivity (Wildman–Crippen MR) is 106 cm³/mol. The summed E-state index contributed by atoms with van der Waals surface area (Å²) in [5, 5.41) is 7.43. The van der Waals surface area contributed by atoms with Gasteiger partial charge in [0.25, 0.3) is 5.92 Å². The molecule has 0 saturated carbocycles. The van der Waals surface area contributed by atoms with E-state index < -0.39 is 23.9 Å². The molecular formula is C20H18F4N6O. The number of pyridine rings is 1. The topological polar surface area (TPSA) is 66.3 Å². The number of nitrogens with zero attached hydrogens (tertiary/aromatic N) is 5. The van der Waals surface area contributed by atoms with Gasteiger partial charge in [-0.3, -0.25) is 0 Å². The zero-order chi connectivity index (χ0) is 21.8. The lowest BCUT2D eigenvalue weighted by atomic mass is 10.2. The number of hydrogen-bond acceptors (Lipinski definition) is 4. The van der Waals surface area contributed by atoms with Gasteiger partial charge in [-0.15, -0.1) is 5.10 Å². The Morgan fingerprint density at radius 2 is 2.03 bits per heavy atom. The van der Waals surface area contributed by atoms with Gasteiger partial charge in [0.1, 0.15) is 17.7 Å². The Bertz CT molecular complexity index is 1160. The number of benzene rings is 1. The average Bonchev–Trinajstić information content (AvgIpc) is 3.29. The molecule has 2 amide bonds. The summed E-state index contributed by atoms with van der Waals surface area (Å²) >= 11 is 0. The fourth-order valence-corrected chi connectivity index (χ4v) is 3.72. The lowest BCUT2D eigenvalue weighted by molar-refractivity contribution is 0.0257. The molecule has 2 aromatic heterocycles. The van der Waals surface area contributed by atoms with Crippen molar-refractivity contribution in [2.45, 2.75) is 18.5 Å². The molecule has 0 radical (unpaired) electrons. The molecule has 162 valence electrons. The third-order valence-corrected chi connectivity index (χ3v) is 5.45. The highest BCUT2D eigenvalue weighted by Crippen LogP contribution is 2.32. The summed E-state index contributed by atoms with van der Waals surface area (Å²) in [6.45, 7) is -0.0848. The first-order chi connectivity index (χ1) is 14.8. The molecule has 2 saturated heterocycles. The van der Waals surface area contributed by atoms with Crippen LogP contribution in [-0.4, -0.2) is 64.0 Å². The predicted octanol–water partition coefficient (Wildman–Crippen LogP) is 3.59. The smallest absolute Gasteiger partial charge is 0.322 e. The number of amides is 2. The van der Waals surface area contributed by atoms with Crippen LogP contribution in [0.2, 0.25) is 0 Å². The number of hydrogen-bond donors (Lipinski definition) is 1. The van der Waals surface area contributed by atoms with Crippen LogP contribution in [0.4, 0.5) is 33.7 Å². The van der Waals surface area contributed by atoms with Crippen LogP contribution in [0.25, 0.3) is 16.7 Å². The van der Waals surface area contributed by atoms with E-state index in [1.165, 1.54) is 34.0 Å². The Morgan fingerprint density at radius 1 is 1.23 bits per heavy atom. The minimum atomic E-state index is -2.73. The van der Waals surface area contributed by atoms with Crippen LogP contribution in [0, 0.1) is 5.82 Å². The van der Waals surface area contributed by atoms with Crippen molar-refractivity contribution in [3.8, 4) is 5.69 Å². The molecule has 1 aromatic carbocycles. The molecule has 7 nitrogen and oxygen atoms in total. The summed E-state index contributed by atoms with van der Waals surface area (Å²) < 4.78 is 55.7. The maximum absolute atomic E-state index is 14.5. The van der Waals surface area contributed by atoms with Crippen molar-refractivity contribution in [1.82, 2.24) is 19.7 Å². The second-order valence-corrected chi connectivity index (χ2v) is 7.81. The molecule has 5 rings (SSSR count). The molecule has 0 unspecified atom stereocenters. The largest absolute Gasteiger partial charge is 0.364 e. The van der Waals surface area contributed by atoms with Crippen molar-refractivity contribution in [2.24, 2.45) is 0 Å². The number of rotatable bonds is 3. The maximum atomic E-state index is 14.5. The van der Waals surface area contributed by atoms with Crippen LogP contribution in [0.3, 0.4) is 0 Å². The van der Waals surface area contributed by atoms with Crippen molar-refractivity contribution in [1.29, 1.82) is 0 Å². The first-order valence-corrected chi connectivity index (χ1v) is 9.75. The van der Waals surface area contributed by atoms with Crippen LogP contribution < -0.4 is 10.2 Å². The molecule has 11 heteroatoms. The molecule has 0 spiro atoms. The summed E-state index contributed by atoms with van der Waals surface area (Å²) in [6.07, 6.45) is 1.79. The highest BCUT2D eigenvalue weighted by molar-refractivity contribution is 5.90. The van der Waals surface area contributed by atoms with E-state index in [2.05, 4.69) is 15.4 Å². The molecule has 4 heterocycles. The van der Waals surface area contributed by atoms with Crippen molar-refractivity contribution >= 4 is 28.4 Å². The summed E-state index contributed by atoms with van der Waals surface area (Å²) in [7, 11) is 0. The average molecular weight is 434 g/mol. The lowest BCUT2D eigenvalue weighted by Crippen LogP contribution is -2.53. The van der Waals surface area contributed by atoms with Crippen molar-refractivity contribution in [3.63, 3.8) is 0 Å². The van der Waals surface area contributed by atoms with Gasteiger partial charge >= 0.3 is 6.03 Å². The Morgan fingerprint density at radius 3 is 2.74 bits per heavy atom. The van der Waals surface area contributed by atoms with Crippen LogP contribution in [0.5, 0.6) is 0 Å². The number of carbonyl (C=O) groups excluding carboxylic acids is 1. The molecule has 1 N–H and O–H groups in total. The molecule has 0 atom stereocenters. The summed E-state index contributed by atoms with van der Waals surface area (Å²) in [6, 6.07) is 5.22. The van der Waals surface area contributed by atoms with E-state index in [4.69, 9.17) is 0 Å². The standard InChI is InChI=1S/C20H18F4N6O/c21-13-9-29(10-13)19(31)26-14-1-2-16(22)17(6-14)30-8-12-5-15(7-25-18(12)27-30)28-4-3-20(23,24)11-28/h1-2,5-8,13H,3-4,9-11H2,(H,26,31). The number of alkyl halides is 3.